The van der Waals surface area contributed by atoms with Gasteiger partial charge in [0.05, 0.1) is 13.2 Å². The molecule has 1 fully saturated rings. The second-order valence-electron chi connectivity index (χ2n) is 4.22. The van der Waals surface area contributed by atoms with Crippen molar-refractivity contribution >= 4 is 11.9 Å². The summed E-state index contributed by atoms with van der Waals surface area (Å²) in [5.41, 5.74) is 0. The lowest BCUT2D eigenvalue weighted by Gasteiger charge is -2.27. The first-order valence-corrected chi connectivity index (χ1v) is 5.81. The van der Waals surface area contributed by atoms with Crippen molar-refractivity contribution in [3.63, 3.8) is 0 Å². The first kappa shape index (κ1) is 13.9. The van der Waals surface area contributed by atoms with Crippen LogP contribution in [-0.4, -0.2) is 72.7 Å². The van der Waals surface area contributed by atoms with Crippen molar-refractivity contribution in [1.82, 2.24) is 9.80 Å². The summed E-state index contributed by atoms with van der Waals surface area (Å²) >= 11 is 0. The third kappa shape index (κ3) is 4.32. The summed E-state index contributed by atoms with van der Waals surface area (Å²) in [6.07, 6.45) is 0.355. The van der Waals surface area contributed by atoms with E-state index >= 15 is 0 Å². The van der Waals surface area contributed by atoms with Crippen molar-refractivity contribution in [3.8, 4) is 0 Å². The molecule has 0 spiro atoms. The van der Waals surface area contributed by atoms with Crippen molar-refractivity contribution in [1.29, 1.82) is 0 Å². The minimum atomic E-state index is -0.979. The molecule has 1 unspecified atom stereocenters. The van der Waals surface area contributed by atoms with Gasteiger partial charge in [-0.3, -0.25) is 9.69 Å². The fourth-order valence-corrected chi connectivity index (χ4v) is 1.64. The molecule has 0 radical (unpaired) electrons. The van der Waals surface area contributed by atoms with Gasteiger partial charge in [-0.05, 0) is 6.92 Å². The Hall–Kier alpha value is -1.14. The number of likely N-dealkylation sites (N-methyl/N-ethyl adjacent to an activating group) is 1. The van der Waals surface area contributed by atoms with Crippen LogP contribution in [0.2, 0.25) is 0 Å². The number of rotatable bonds is 5. The van der Waals surface area contributed by atoms with Gasteiger partial charge < -0.3 is 14.7 Å². The molecule has 1 atom stereocenters. The molecular formula is C11H20N2O4. The van der Waals surface area contributed by atoms with E-state index in [0.717, 1.165) is 13.1 Å². The summed E-state index contributed by atoms with van der Waals surface area (Å²) in [5, 5.41) is 8.80. The largest absolute Gasteiger partial charge is 0.480 e. The van der Waals surface area contributed by atoms with Crippen LogP contribution in [0.4, 0.5) is 0 Å². The Morgan fingerprint density at radius 2 is 2.00 bits per heavy atom. The van der Waals surface area contributed by atoms with Gasteiger partial charge in [-0.15, -0.1) is 0 Å². The number of carboxylic acids is 1. The van der Waals surface area contributed by atoms with Gasteiger partial charge in [-0.1, -0.05) is 0 Å². The predicted molar refractivity (Wildman–Crippen MR) is 61.7 cm³/mol. The molecule has 1 aliphatic heterocycles. The molecule has 0 aliphatic carbocycles. The Labute approximate surface area is 101 Å². The molecular weight excluding hydrogens is 224 g/mol. The van der Waals surface area contributed by atoms with E-state index in [1.807, 2.05) is 0 Å². The van der Waals surface area contributed by atoms with E-state index in [9.17, 15) is 9.59 Å². The molecule has 6 nitrogen and oxygen atoms in total. The molecule has 0 aromatic carbocycles. The molecule has 1 saturated heterocycles. The minimum Gasteiger partial charge on any atom is -0.480 e. The van der Waals surface area contributed by atoms with Crippen LogP contribution in [0.5, 0.6) is 0 Å². The van der Waals surface area contributed by atoms with Gasteiger partial charge in [-0.25, -0.2) is 4.79 Å². The molecule has 0 saturated carbocycles. The number of nitrogens with zero attached hydrogens (tertiary/aromatic N) is 2. The van der Waals surface area contributed by atoms with E-state index in [4.69, 9.17) is 9.84 Å². The number of hydrogen-bond donors (Lipinski definition) is 1. The van der Waals surface area contributed by atoms with Gasteiger partial charge in [0.2, 0.25) is 5.91 Å². The highest BCUT2D eigenvalue weighted by atomic mass is 16.5. The van der Waals surface area contributed by atoms with Crippen molar-refractivity contribution in [2.75, 3.05) is 39.9 Å². The lowest BCUT2D eigenvalue weighted by atomic mass is 10.2. The first-order valence-electron chi connectivity index (χ1n) is 5.81. The second-order valence-corrected chi connectivity index (χ2v) is 4.22. The molecule has 0 aromatic heterocycles. The zero-order valence-electron chi connectivity index (χ0n) is 10.4. The average Bonchev–Trinajstić information content (AvgIpc) is 2.35. The zero-order chi connectivity index (χ0) is 12.8. The Kier molecular flexibility index (Phi) is 5.37. The fraction of sp³-hybridized carbons (Fsp3) is 0.818. The highest BCUT2D eigenvalue weighted by Crippen LogP contribution is 2.03. The van der Waals surface area contributed by atoms with Crippen molar-refractivity contribution in [3.05, 3.63) is 0 Å². The number of morpholine rings is 1. The highest BCUT2D eigenvalue weighted by molar-refractivity contribution is 5.83. The monoisotopic (exact) mass is 244 g/mol. The molecule has 6 heteroatoms. The molecule has 1 heterocycles. The standard InChI is InChI=1S/C11H20N2O4/c1-9(11(15)16)12(2)10(14)3-4-13-5-7-17-8-6-13/h9H,3-8H2,1-2H3,(H,15,16). The molecule has 1 amide bonds. The number of carbonyl (C=O) groups excluding carboxylic acids is 1. The quantitative estimate of drug-likeness (QED) is 0.715. The zero-order valence-corrected chi connectivity index (χ0v) is 10.4. The van der Waals surface area contributed by atoms with E-state index in [1.165, 1.54) is 18.9 Å². The molecule has 98 valence electrons. The maximum atomic E-state index is 11.7. The third-order valence-corrected chi connectivity index (χ3v) is 3.08. The van der Waals surface area contributed by atoms with Crippen molar-refractivity contribution < 1.29 is 19.4 Å². The van der Waals surface area contributed by atoms with Gasteiger partial charge in [0.15, 0.2) is 0 Å². The Morgan fingerprint density at radius 3 is 2.53 bits per heavy atom. The number of hydrogen-bond acceptors (Lipinski definition) is 4. The SMILES string of the molecule is CC(C(=O)O)N(C)C(=O)CCN1CCOCC1. The summed E-state index contributed by atoms with van der Waals surface area (Å²) < 4.78 is 5.21. The smallest absolute Gasteiger partial charge is 0.326 e. The second kappa shape index (κ2) is 6.56. The first-order chi connectivity index (χ1) is 8.02. The molecule has 1 aliphatic rings. The predicted octanol–water partition coefficient (Wildman–Crippen LogP) is -0.360. The lowest BCUT2D eigenvalue weighted by Crippen LogP contribution is -2.43. The number of carboxylic acid groups (broad SMARTS) is 1. The molecule has 1 rings (SSSR count). The van der Waals surface area contributed by atoms with Crippen LogP contribution in [0.3, 0.4) is 0 Å². The molecule has 0 aromatic rings. The molecule has 1 N–H and O–H groups in total. The van der Waals surface area contributed by atoms with Crippen molar-refractivity contribution in [2.24, 2.45) is 0 Å². The van der Waals surface area contributed by atoms with Crippen LogP contribution in [0, 0.1) is 0 Å². The van der Waals surface area contributed by atoms with Crippen LogP contribution in [0.15, 0.2) is 0 Å². The van der Waals surface area contributed by atoms with Gasteiger partial charge in [-0.2, -0.15) is 0 Å². The van der Waals surface area contributed by atoms with Crippen LogP contribution in [-0.2, 0) is 14.3 Å². The Morgan fingerprint density at radius 1 is 1.41 bits per heavy atom. The van der Waals surface area contributed by atoms with Crippen LogP contribution < -0.4 is 0 Å². The van der Waals surface area contributed by atoms with E-state index in [1.54, 1.807) is 0 Å². The van der Waals surface area contributed by atoms with E-state index in [2.05, 4.69) is 4.90 Å². The third-order valence-electron chi connectivity index (χ3n) is 3.08. The summed E-state index contributed by atoms with van der Waals surface area (Å²) in [6, 6.07) is -0.771. The highest BCUT2D eigenvalue weighted by Gasteiger charge is 2.22. The minimum absolute atomic E-state index is 0.133. The fourth-order valence-electron chi connectivity index (χ4n) is 1.64. The maximum absolute atomic E-state index is 11.7. The lowest BCUT2D eigenvalue weighted by molar-refractivity contribution is -0.148. The van der Waals surface area contributed by atoms with Crippen LogP contribution >= 0.6 is 0 Å². The van der Waals surface area contributed by atoms with Gasteiger partial charge in [0, 0.05) is 33.1 Å². The summed E-state index contributed by atoms with van der Waals surface area (Å²) in [7, 11) is 1.53. The average molecular weight is 244 g/mol. The van der Waals surface area contributed by atoms with Gasteiger partial charge in [0.1, 0.15) is 6.04 Å². The summed E-state index contributed by atoms with van der Waals surface area (Å²) in [5.74, 6) is -1.11. The summed E-state index contributed by atoms with van der Waals surface area (Å²) in [4.78, 5) is 25.9. The van der Waals surface area contributed by atoms with Gasteiger partial charge in [0.25, 0.3) is 0 Å². The van der Waals surface area contributed by atoms with Gasteiger partial charge >= 0.3 is 5.97 Å². The van der Waals surface area contributed by atoms with Crippen LogP contribution in [0.1, 0.15) is 13.3 Å². The normalized spacial score (nSPS) is 18.7. The maximum Gasteiger partial charge on any atom is 0.326 e. The summed E-state index contributed by atoms with van der Waals surface area (Å²) in [6.45, 7) is 5.26. The Balaban J connectivity index is 2.30. The van der Waals surface area contributed by atoms with Crippen LogP contribution in [0.25, 0.3) is 0 Å². The number of aliphatic carboxylic acids is 1. The topological polar surface area (TPSA) is 70.1 Å². The number of amides is 1. The number of carbonyl (C=O) groups is 2. The van der Waals surface area contributed by atoms with Crippen molar-refractivity contribution in [2.45, 2.75) is 19.4 Å². The molecule has 17 heavy (non-hydrogen) atoms. The molecule has 0 bridgehead atoms. The number of ether oxygens (including phenoxy) is 1. The van der Waals surface area contributed by atoms with E-state index in [-0.39, 0.29) is 5.91 Å². The van der Waals surface area contributed by atoms with E-state index < -0.39 is 12.0 Å². The van der Waals surface area contributed by atoms with E-state index in [0.29, 0.717) is 26.2 Å². The Bertz CT molecular complexity index is 277.